The van der Waals surface area contributed by atoms with Crippen molar-refractivity contribution in [3.63, 3.8) is 0 Å². The minimum Gasteiger partial charge on any atom is -0.489 e. The maximum absolute atomic E-state index is 5.97. The Morgan fingerprint density at radius 3 is 2.96 bits per heavy atom. The lowest BCUT2D eigenvalue weighted by atomic mass is 10.3. The number of nitrogens with one attached hydrogen (secondary N) is 2. The van der Waals surface area contributed by atoms with Gasteiger partial charge in [0, 0.05) is 24.7 Å². The molecular formula is C18H28ClN3O3. The molecule has 0 bridgehead atoms. The van der Waals surface area contributed by atoms with Crippen molar-refractivity contribution in [3.8, 4) is 5.75 Å². The van der Waals surface area contributed by atoms with Crippen LogP contribution in [0, 0.1) is 0 Å². The molecule has 1 fully saturated rings. The fourth-order valence-corrected chi connectivity index (χ4v) is 2.63. The van der Waals surface area contributed by atoms with E-state index in [-0.39, 0.29) is 18.2 Å². The standard InChI is InChI=1S/C18H28ClN3O3/c1-13(11-24-17-7-8-23-12-17)22-18(20-3)21-10-14(2)25-16-6-4-5-15(19)9-16/h4-6,9,13-14,17H,7-8,10-12H2,1-3H3,(H2,20,21,22). The van der Waals surface area contributed by atoms with Crippen LogP contribution in [0.25, 0.3) is 0 Å². The Kier molecular flexibility index (Phi) is 8.31. The Bertz CT molecular complexity index is 550. The van der Waals surface area contributed by atoms with E-state index in [0.717, 1.165) is 24.7 Å². The molecule has 1 aromatic carbocycles. The van der Waals surface area contributed by atoms with Crippen LogP contribution in [0.2, 0.25) is 5.02 Å². The second kappa shape index (κ2) is 10.5. The molecule has 0 saturated carbocycles. The number of nitrogens with zero attached hydrogens (tertiary/aromatic N) is 1. The first-order chi connectivity index (χ1) is 12.1. The number of hydrogen-bond acceptors (Lipinski definition) is 4. The van der Waals surface area contributed by atoms with Gasteiger partial charge >= 0.3 is 0 Å². The molecule has 1 heterocycles. The second-order valence-corrected chi connectivity index (χ2v) is 6.64. The highest BCUT2D eigenvalue weighted by Gasteiger charge is 2.17. The zero-order valence-electron chi connectivity index (χ0n) is 15.1. The number of aliphatic imine (C=N–C) groups is 1. The number of halogens is 1. The Morgan fingerprint density at radius 1 is 1.44 bits per heavy atom. The molecule has 6 nitrogen and oxygen atoms in total. The molecule has 0 aromatic heterocycles. The van der Waals surface area contributed by atoms with Gasteiger partial charge in [-0.1, -0.05) is 17.7 Å². The first-order valence-electron chi connectivity index (χ1n) is 8.65. The molecule has 0 radical (unpaired) electrons. The van der Waals surface area contributed by atoms with Crippen molar-refractivity contribution in [1.82, 2.24) is 10.6 Å². The van der Waals surface area contributed by atoms with E-state index < -0.39 is 0 Å². The lowest BCUT2D eigenvalue weighted by Crippen LogP contribution is -2.46. The Labute approximate surface area is 154 Å². The van der Waals surface area contributed by atoms with Gasteiger partial charge in [0.05, 0.1) is 25.9 Å². The number of benzene rings is 1. The molecule has 1 aliphatic heterocycles. The molecular weight excluding hydrogens is 342 g/mol. The third kappa shape index (κ3) is 7.50. The van der Waals surface area contributed by atoms with Crippen LogP contribution < -0.4 is 15.4 Å². The summed E-state index contributed by atoms with van der Waals surface area (Å²) < 4.78 is 17.0. The summed E-state index contributed by atoms with van der Waals surface area (Å²) in [5.41, 5.74) is 0. The fourth-order valence-electron chi connectivity index (χ4n) is 2.45. The van der Waals surface area contributed by atoms with Crippen LogP contribution in [0.4, 0.5) is 0 Å². The van der Waals surface area contributed by atoms with Gasteiger partial charge in [0.15, 0.2) is 5.96 Å². The lowest BCUT2D eigenvalue weighted by molar-refractivity contribution is 0.0347. The molecule has 7 heteroatoms. The molecule has 3 atom stereocenters. The minimum absolute atomic E-state index is 0.0285. The van der Waals surface area contributed by atoms with E-state index in [1.165, 1.54) is 0 Å². The van der Waals surface area contributed by atoms with Crippen molar-refractivity contribution >= 4 is 17.6 Å². The van der Waals surface area contributed by atoms with Gasteiger partial charge in [0.25, 0.3) is 0 Å². The molecule has 1 saturated heterocycles. The van der Waals surface area contributed by atoms with Gasteiger partial charge < -0.3 is 24.8 Å². The average molecular weight is 370 g/mol. The molecule has 2 rings (SSSR count). The first kappa shape index (κ1) is 19.8. The molecule has 1 aromatic rings. The van der Waals surface area contributed by atoms with Gasteiger partial charge in [-0.05, 0) is 38.5 Å². The molecule has 1 aliphatic rings. The zero-order chi connectivity index (χ0) is 18.1. The zero-order valence-corrected chi connectivity index (χ0v) is 15.9. The SMILES string of the molecule is CN=C(NCC(C)Oc1cccc(Cl)c1)NC(C)COC1CCOC1. The summed E-state index contributed by atoms with van der Waals surface area (Å²) in [6.45, 7) is 6.78. The minimum atomic E-state index is -0.0285. The van der Waals surface area contributed by atoms with Gasteiger partial charge in [-0.2, -0.15) is 0 Å². The Balaban J connectivity index is 1.68. The molecule has 0 aliphatic carbocycles. The van der Waals surface area contributed by atoms with E-state index in [9.17, 15) is 0 Å². The number of hydrogen-bond donors (Lipinski definition) is 2. The van der Waals surface area contributed by atoms with Crippen molar-refractivity contribution in [2.75, 3.05) is 33.4 Å². The monoisotopic (exact) mass is 369 g/mol. The largest absolute Gasteiger partial charge is 0.489 e. The third-order valence-electron chi connectivity index (χ3n) is 3.77. The third-order valence-corrected chi connectivity index (χ3v) is 4.00. The van der Waals surface area contributed by atoms with Crippen LogP contribution in [-0.2, 0) is 9.47 Å². The molecule has 3 unspecified atom stereocenters. The van der Waals surface area contributed by atoms with Gasteiger partial charge in [-0.25, -0.2) is 0 Å². The number of rotatable bonds is 8. The maximum atomic E-state index is 5.97. The lowest BCUT2D eigenvalue weighted by Gasteiger charge is -2.21. The summed E-state index contributed by atoms with van der Waals surface area (Å²) in [7, 11) is 1.75. The van der Waals surface area contributed by atoms with E-state index in [1.54, 1.807) is 13.1 Å². The quantitative estimate of drug-likeness (QED) is 0.544. The van der Waals surface area contributed by atoms with Crippen molar-refractivity contribution < 1.29 is 14.2 Å². The number of ether oxygens (including phenoxy) is 3. The Morgan fingerprint density at radius 2 is 2.28 bits per heavy atom. The Hall–Kier alpha value is -1.50. The van der Waals surface area contributed by atoms with Crippen molar-refractivity contribution in [1.29, 1.82) is 0 Å². The van der Waals surface area contributed by atoms with Gasteiger partial charge in [-0.15, -0.1) is 0 Å². The molecule has 25 heavy (non-hydrogen) atoms. The molecule has 2 N–H and O–H groups in total. The highest BCUT2D eigenvalue weighted by Crippen LogP contribution is 2.18. The van der Waals surface area contributed by atoms with Crippen LogP contribution in [0.15, 0.2) is 29.3 Å². The van der Waals surface area contributed by atoms with E-state index in [0.29, 0.717) is 24.8 Å². The average Bonchev–Trinajstić information content (AvgIpc) is 3.10. The van der Waals surface area contributed by atoms with Crippen molar-refractivity contribution in [2.45, 2.75) is 38.5 Å². The van der Waals surface area contributed by atoms with E-state index in [1.807, 2.05) is 25.1 Å². The van der Waals surface area contributed by atoms with E-state index in [4.69, 9.17) is 25.8 Å². The predicted octanol–water partition coefficient (Wildman–Crippen LogP) is 2.47. The number of guanidine groups is 1. The van der Waals surface area contributed by atoms with Crippen LogP contribution in [0.3, 0.4) is 0 Å². The van der Waals surface area contributed by atoms with E-state index in [2.05, 4.69) is 22.5 Å². The molecule has 140 valence electrons. The topological polar surface area (TPSA) is 64.1 Å². The van der Waals surface area contributed by atoms with Crippen LogP contribution in [-0.4, -0.2) is 57.6 Å². The molecule has 0 amide bonds. The summed E-state index contributed by atoms with van der Waals surface area (Å²) in [5, 5.41) is 7.24. The summed E-state index contributed by atoms with van der Waals surface area (Å²) in [4.78, 5) is 4.24. The van der Waals surface area contributed by atoms with Gasteiger partial charge in [0.1, 0.15) is 11.9 Å². The smallest absolute Gasteiger partial charge is 0.191 e. The van der Waals surface area contributed by atoms with Gasteiger partial charge in [0.2, 0.25) is 0 Å². The highest BCUT2D eigenvalue weighted by atomic mass is 35.5. The predicted molar refractivity (Wildman–Crippen MR) is 101 cm³/mol. The fraction of sp³-hybridized carbons (Fsp3) is 0.611. The summed E-state index contributed by atoms with van der Waals surface area (Å²) >= 11 is 5.97. The van der Waals surface area contributed by atoms with Crippen molar-refractivity contribution in [2.24, 2.45) is 4.99 Å². The first-order valence-corrected chi connectivity index (χ1v) is 9.03. The summed E-state index contributed by atoms with van der Waals surface area (Å²) in [5.74, 6) is 1.48. The summed E-state index contributed by atoms with van der Waals surface area (Å²) in [6, 6.07) is 7.54. The molecule has 0 spiro atoms. The summed E-state index contributed by atoms with van der Waals surface area (Å²) in [6.07, 6.45) is 1.16. The van der Waals surface area contributed by atoms with Gasteiger partial charge in [-0.3, -0.25) is 4.99 Å². The normalized spacial score (nSPS) is 20.2. The van der Waals surface area contributed by atoms with Crippen LogP contribution >= 0.6 is 11.6 Å². The highest BCUT2D eigenvalue weighted by molar-refractivity contribution is 6.30. The van der Waals surface area contributed by atoms with Crippen molar-refractivity contribution in [3.05, 3.63) is 29.3 Å². The second-order valence-electron chi connectivity index (χ2n) is 6.20. The maximum Gasteiger partial charge on any atom is 0.191 e. The van der Waals surface area contributed by atoms with Crippen LogP contribution in [0.5, 0.6) is 5.75 Å². The van der Waals surface area contributed by atoms with E-state index >= 15 is 0 Å². The van der Waals surface area contributed by atoms with Crippen LogP contribution in [0.1, 0.15) is 20.3 Å².